The van der Waals surface area contributed by atoms with Gasteiger partial charge in [0.1, 0.15) is 16.1 Å². The van der Waals surface area contributed by atoms with Gasteiger partial charge in [-0.3, -0.25) is 9.59 Å². The Bertz CT molecular complexity index is 1410. The number of hydrogen-bond acceptors (Lipinski definition) is 6. The number of ketones is 1. The summed E-state index contributed by atoms with van der Waals surface area (Å²) in [4.78, 5) is 26.8. The molecule has 1 atom stereocenters. The second-order valence-electron chi connectivity index (χ2n) is 9.25. The van der Waals surface area contributed by atoms with Crippen molar-refractivity contribution < 1.29 is 22.7 Å². The van der Waals surface area contributed by atoms with Gasteiger partial charge < -0.3 is 15.8 Å². The number of amides is 1. The summed E-state index contributed by atoms with van der Waals surface area (Å²) in [5, 5.41) is 3.03. The lowest BCUT2D eigenvalue weighted by molar-refractivity contribution is -0.124. The Labute approximate surface area is 196 Å². The zero-order valence-electron chi connectivity index (χ0n) is 17.9. The minimum absolute atomic E-state index is 0.00375. The molecule has 2 aliphatic heterocycles. The number of anilines is 1. The van der Waals surface area contributed by atoms with Crippen LogP contribution in [-0.2, 0) is 29.6 Å². The van der Waals surface area contributed by atoms with Crippen molar-refractivity contribution in [2.75, 3.05) is 5.32 Å². The molecule has 0 aromatic heterocycles. The summed E-state index contributed by atoms with van der Waals surface area (Å²) >= 11 is 6.28. The number of ether oxygens (including phenoxy) is 1. The molecule has 1 amide bonds. The molecule has 2 heterocycles. The van der Waals surface area contributed by atoms with E-state index in [1.807, 2.05) is 13.8 Å². The summed E-state index contributed by atoms with van der Waals surface area (Å²) in [5.74, 6) is -1.26. The molecule has 9 heteroatoms. The molecule has 1 spiro atoms. The number of rotatable bonds is 2. The van der Waals surface area contributed by atoms with Crippen molar-refractivity contribution >= 4 is 38.8 Å². The maximum absolute atomic E-state index is 13.9. The van der Waals surface area contributed by atoms with E-state index in [4.69, 9.17) is 22.1 Å². The van der Waals surface area contributed by atoms with Crippen LogP contribution in [-0.4, -0.2) is 20.1 Å². The van der Waals surface area contributed by atoms with Crippen LogP contribution in [0.3, 0.4) is 0 Å². The van der Waals surface area contributed by atoms with Crippen molar-refractivity contribution in [2.45, 2.75) is 37.0 Å². The fourth-order valence-corrected chi connectivity index (χ4v) is 6.98. The van der Waals surface area contributed by atoms with Crippen LogP contribution >= 0.6 is 11.6 Å². The zero-order chi connectivity index (χ0) is 23.8. The second-order valence-corrected chi connectivity index (χ2v) is 11.6. The van der Waals surface area contributed by atoms with E-state index in [2.05, 4.69) is 5.32 Å². The highest BCUT2D eigenvalue weighted by Gasteiger charge is 2.63. The molecular formula is C24H21ClN2O5S. The van der Waals surface area contributed by atoms with Crippen molar-refractivity contribution in [2.24, 2.45) is 11.1 Å². The Hall–Kier alpha value is -3.10. The van der Waals surface area contributed by atoms with Gasteiger partial charge in [-0.25, -0.2) is 8.42 Å². The number of nitrogens with two attached hydrogens (primary N) is 1. The van der Waals surface area contributed by atoms with Gasteiger partial charge in [-0.1, -0.05) is 43.6 Å². The average molecular weight is 485 g/mol. The number of carbonyl (C=O) groups is 2. The highest BCUT2D eigenvalue weighted by Crippen LogP contribution is 2.58. The van der Waals surface area contributed by atoms with Gasteiger partial charge in [0.05, 0.1) is 10.5 Å². The SMILES string of the molecule is CC1(C)CC(=O)C2=C(C1)OC(N)=C(S(=O)(=O)c1ccccc1)C21C(=O)Nc2ccc(Cl)cc21. The Morgan fingerprint density at radius 1 is 1.06 bits per heavy atom. The minimum Gasteiger partial charge on any atom is -0.444 e. The highest BCUT2D eigenvalue weighted by atomic mass is 35.5. The van der Waals surface area contributed by atoms with Gasteiger partial charge in [0, 0.05) is 29.1 Å². The molecule has 3 aliphatic rings. The van der Waals surface area contributed by atoms with Crippen molar-refractivity contribution in [3.63, 3.8) is 0 Å². The largest absolute Gasteiger partial charge is 0.444 e. The van der Waals surface area contributed by atoms with Crippen LogP contribution in [0.5, 0.6) is 0 Å². The number of allylic oxidation sites excluding steroid dienone is 1. The molecule has 5 rings (SSSR count). The fourth-order valence-electron chi connectivity index (χ4n) is 5.05. The number of hydrogen-bond donors (Lipinski definition) is 2. The number of fused-ring (bicyclic) bond motifs is 3. The van der Waals surface area contributed by atoms with Crippen LogP contribution in [0, 0.1) is 5.41 Å². The second kappa shape index (κ2) is 6.95. The smallest absolute Gasteiger partial charge is 0.245 e. The van der Waals surface area contributed by atoms with E-state index in [1.54, 1.807) is 30.3 Å². The number of benzene rings is 2. The van der Waals surface area contributed by atoms with Crippen molar-refractivity contribution in [1.29, 1.82) is 0 Å². The molecule has 2 aromatic rings. The van der Waals surface area contributed by atoms with Crippen LogP contribution < -0.4 is 11.1 Å². The van der Waals surface area contributed by atoms with E-state index in [1.165, 1.54) is 18.2 Å². The van der Waals surface area contributed by atoms with E-state index >= 15 is 0 Å². The first-order chi connectivity index (χ1) is 15.5. The third-order valence-electron chi connectivity index (χ3n) is 6.31. The normalized spacial score (nSPS) is 23.8. The molecule has 170 valence electrons. The van der Waals surface area contributed by atoms with Gasteiger partial charge in [-0.2, -0.15) is 0 Å². The van der Waals surface area contributed by atoms with Gasteiger partial charge >= 0.3 is 0 Å². The van der Waals surface area contributed by atoms with E-state index in [0.29, 0.717) is 12.1 Å². The Morgan fingerprint density at radius 2 is 1.76 bits per heavy atom. The molecule has 0 bridgehead atoms. The summed E-state index contributed by atoms with van der Waals surface area (Å²) in [5.41, 5.74) is 4.46. The van der Waals surface area contributed by atoms with E-state index in [0.717, 1.165) is 0 Å². The molecule has 2 aromatic carbocycles. The van der Waals surface area contributed by atoms with Gasteiger partial charge in [0.2, 0.25) is 21.6 Å². The molecule has 1 unspecified atom stereocenters. The molecule has 7 nitrogen and oxygen atoms in total. The summed E-state index contributed by atoms with van der Waals surface area (Å²) in [6.07, 6.45) is 0.442. The summed E-state index contributed by atoms with van der Waals surface area (Å²) in [6, 6.07) is 12.3. The molecule has 1 aliphatic carbocycles. The van der Waals surface area contributed by atoms with Crippen molar-refractivity contribution in [3.8, 4) is 0 Å². The predicted molar refractivity (Wildman–Crippen MR) is 123 cm³/mol. The minimum atomic E-state index is -4.35. The summed E-state index contributed by atoms with van der Waals surface area (Å²) in [6.45, 7) is 3.81. The first-order valence-electron chi connectivity index (χ1n) is 10.3. The molecule has 0 saturated heterocycles. The van der Waals surface area contributed by atoms with Gasteiger partial charge in [-0.05, 0) is 35.7 Å². The predicted octanol–water partition coefficient (Wildman–Crippen LogP) is 3.81. The highest BCUT2D eigenvalue weighted by molar-refractivity contribution is 7.95. The number of Topliss-reactive ketones (excluding diaryl/α,β-unsaturated/α-hetero) is 1. The van der Waals surface area contributed by atoms with E-state index in [9.17, 15) is 18.0 Å². The number of nitrogens with one attached hydrogen (secondary N) is 1. The lowest BCUT2D eigenvalue weighted by atomic mass is 9.65. The monoisotopic (exact) mass is 484 g/mol. The number of sulfone groups is 1. The van der Waals surface area contributed by atoms with Crippen molar-refractivity contribution in [1.82, 2.24) is 0 Å². The van der Waals surface area contributed by atoms with Crippen LogP contribution in [0.25, 0.3) is 0 Å². The van der Waals surface area contributed by atoms with E-state index < -0.39 is 37.4 Å². The Kier molecular flexibility index (Phi) is 4.58. The first-order valence-corrected chi connectivity index (χ1v) is 12.2. The molecule has 0 fully saturated rings. The molecule has 33 heavy (non-hydrogen) atoms. The molecule has 0 saturated carbocycles. The molecule has 0 radical (unpaired) electrons. The zero-order valence-corrected chi connectivity index (χ0v) is 19.5. The fraction of sp³-hybridized carbons (Fsp3) is 0.250. The standard InChI is InChI=1S/C24H21ClN2O5S/c1-23(2)11-17(28)19-18(12-23)32-21(26)20(33(30,31)14-6-4-3-5-7-14)24(19)15-10-13(25)8-9-16(15)27-22(24)29/h3-10H,11-12,26H2,1-2H3,(H,27,29). The first kappa shape index (κ1) is 21.7. The van der Waals surface area contributed by atoms with Gasteiger partial charge in [0.15, 0.2) is 5.78 Å². The summed E-state index contributed by atoms with van der Waals surface area (Å²) in [7, 11) is -4.35. The lowest BCUT2D eigenvalue weighted by Gasteiger charge is -2.42. The quantitative estimate of drug-likeness (QED) is 0.669. The van der Waals surface area contributed by atoms with E-state index in [-0.39, 0.29) is 39.0 Å². The summed E-state index contributed by atoms with van der Waals surface area (Å²) < 4.78 is 33.7. The number of halogens is 1. The Balaban J connectivity index is 1.90. The van der Waals surface area contributed by atoms with Gasteiger partial charge in [0.25, 0.3) is 0 Å². The third-order valence-corrected chi connectivity index (χ3v) is 8.48. The molecule has 3 N–H and O–H groups in total. The lowest BCUT2D eigenvalue weighted by Crippen LogP contribution is -2.50. The Morgan fingerprint density at radius 3 is 2.45 bits per heavy atom. The van der Waals surface area contributed by atoms with Crippen LogP contribution in [0.1, 0.15) is 32.3 Å². The van der Waals surface area contributed by atoms with Crippen LogP contribution in [0.2, 0.25) is 5.02 Å². The van der Waals surface area contributed by atoms with Crippen LogP contribution in [0.15, 0.2) is 75.5 Å². The molecular weight excluding hydrogens is 464 g/mol. The average Bonchev–Trinajstić information content (AvgIpc) is 2.98. The third kappa shape index (κ3) is 2.97. The maximum atomic E-state index is 13.9. The van der Waals surface area contributed by atoms with Crippen LogP contribution in [0.4, 0.5) is 5.69 Å². The number of carbonyl (C=O) groups excluding carboxylic acids is 2. The van der Waals surface area contributed by atoms with Gasteiger partial charge in [-0.15, -0.1) is 0 Å². The van der Waals surface area contributed by atoms with Crippen molar-refractivity contribution in [3.05, 3.63) is 81.2 Å². The topological polar surface area (TPSA) is 116 Å². The maximum Gasteiger partial charge on any atom is 0.245 e.